The molecule has 4 heteroatoms. The lowest BCUT2D eigenvalue weighted by atomic mass is 10.2. The van der Waals surface area contributed by atoms with Crippen LogP contribution in [0.3, 0.4) is 0 Å². The van der Waals surface area contributed by atoms with Gasteiger partial charge >= 0.3 is 0 Å². The van der Waals surface area contributed by atoms with E-state index in [0.717, 1.165) is 26.1 Å². The molecule has 0 bridgehead atoms. The largest absolute Gasteiger partial charge is 0.488 e. The van der Waals surface area contributed by atoms with E-state index >= 15 is 0 Å². The zero-order valence-electron chi connectivity index (χ0n) is 9.50. The van der Waals surface area contributed by atoms with E-state index in [1.54, 1.807) is 0 Å². The molecule has 0 spiro atoms. The van der Waals surface area contributed by atoms with Gasteiger partial charge in [0, 0.05) is 10.4 Å². The van der Waals surface area contributed by atoms with Gasteiger partial charge in [0.1, 0.15) is 12.4 Å². The average Bonchev–Trinajstić information content (AvgIpc) is 2.39. The number of ether oxygens (including phenoxy) is 1. The minimum Gasteiger partial charge on any atom is -0.488 e. The highest BCUT2D eigenvalue weighted by molar-refractivity contribution is 9.10. The van der Waals surface area contributed by atoms with Gasteiger partial charge in [-0.15, -0.1) is 0 Å². The van der Waals surface area contributed by atoms with Crippen molar-refractivity contribution in [2.45, 2.75) is 11.9 Å². The molecule has 0 aliphatic carbocycles. The molecule has 0 heterocycles. The highest BCUT2D eigenvalue weighted by atomic mass is 79.9. The third-order valence-electron chi connectivity index (χ3n) is 2.46. The van der Waals surface area contributed by atoms with Crippen molar-refractivity contribution in [2.24, 2.45) is 0 Å². The molecule has 0 saturated carbocycles. The van der Waals surface area contributed by atoms with Gasteiger partial charge in [0.05, 0.1) is 4.47 Å². The molecule has 94 valence electrons. The van der Waals surface area contributed by atoms with Crippen LogP contribution in [0.25, 0.3) is 0 Å². The topological polar surface area (TPSA) is 9.23 Å². The summed E-state index contributed by atoms with van der Waals surface area (Å²) in [4.78, 5) is 0. The average molecular weight is 391 g/mol. The summed E-state index contributed by atoms with van der Waals surface area (Å²) in [6, 6.07) is 13.7. The predicted molar refractivity (Wildman–Crippen MR) is 82.6 cm³/mol. The van der Waals surface area contributed by atoms with Crippen LogP contribution in [0.2, 0.25) is 5.02 Å². The van der Waals surface area contributed by atoms with E-state index in [0.29, 0.717) is 6.61 Å². The number of alkyl halides is 1. The van der Waals surface area contributed by atoms with E-state index < -0.39 is 0 Å². The molecule has 0 fully saturated rings. The molecule has 0 amide bonds. The summed E-state index contributed by atoms with van der Waals surface area (Å²) >= 11 is 12.8. The summed E-state index contributed by atoms with van der Waals surface area (Å²) in [7, 11) is 0. The van der Waals surface area contributed by atoms with Crippen molar-refractivity contribution in [3.8, 4) is 5.75 Å². The lowest BCUT2D eigenvalue weighted by Gasteiger charge is -2.09. The summed E-state index contributed by atoms with van der Waals surface area (Å²) in [5.41, 5.74) is 2.30. The molecule has 0 unspecified atom stereocenters. The van der Waals surface area contributed by atoms with Crippen LogP contribution in [0.1, 0.15) is 11.1 Å². The molecule has 0 saturated heterocycles. The van der Waals surface area contributed by atoms with Crippen molar-refractivity contribution in [1.82, 2.24) is 0 Å². The lowest BCUT2D eigenvalue weighted by molar-refractivity contribution is 0.304. The van der Waals surface area contributed by atoms with Crippen LogP contribution < -0.4 is 4.74 Å². The van der Waals surface area contributed by atoms with Gasteiger partial charge < -0.3 is 4.74 Å². The first-order chi connectivity index (χ1) is 8.69. The SMILES string of the molecule is Clc1ccc(COc2ccc(CBr)cc2Br)cc1. The Morgan fingerprint density at radius 2 is 1.67 bits per heavy atom. The van der Waals surface area contributed by atoms with Gasteiger partial charge in [0.2, 0.25) is 0 Å². The van der Waals surface area contributed by atoms with Crippen molar-refractivity contribution in [1.29, 1.82) is 0 Å². The van der Waals surface area contributed by atoms with E-state index in [2.05, 4.69) is 31.9 Å². The molecule has 0 aromatic heterocycles. The molecule has 18 heavy (non-hydrogen) atoms. The Morgan fingerprint density at radius 1 is 1.00 bits per heavy atom. The predicted octanol–water partition coefficient (Wildman–Crippen LogP) is 5.58. The summed E-state index contributed by atoms with van der Waals surface area (Å²) in [6.07, 6.45) is 0. The highest BCUT2D eigenvalue weighted by Crippen LogP contribution is 2.27. The third-order valence-corrected chi connectivity index (χ3v) is 3.98. The molecule has 0 aliphatic rings. The minimum absolute atomic E-state index is 0.531. The number of hydrogen-bond acceptors (Lipinski definition) is 1. The minimum atomic E-state index is 0.531. The molecule has 0 atom stereocenters. The second-order valence-electron chi connectivity index (χ2n) is 3.81. The maximum absolute atomic E-state index is 5.83. The Balaban J connectivity index is 2.04. The Kier molecular flexibility index (Phi) is 5.10. The van der Waals surface area contributed by atoms with E-state index in [1.807, 2.05) is 42.5 Å². The zero-order valence-corrected chi connectivity index (χ0v) is 13.4. The molecule has 2 aromatic rings. The van der Waals surface area contributed by atoms with Gasteiger partial charge in [-0.05, 0) is 51.3 Å². The second-order valence-corrected chi connectivity index (χ2v) is 5.67. The monoisotopic (exact) mass is 388 g/mol. The van der Waals surface area contributed by atoms with E-state index in [1.165, 1.54) is 5.56 Å². The Hall–Kier alpha value is -0.510. The fourth-order valence-electron chi connectivity index (χ4n) is 1.49. The maximum Gasteiger partial charge on any atom is 0.134 e. The number of benzene rings is 2. The van der Waals surface area contributed by atoms with E-state index in [-0.39, 0.29) is 0 Å². The molecular weight excluding hydrogens is 379 g/mol. The molecule has 1 nitrogen and oxygen atoms in total. The first kappa shape index (κ1) is 13.9. The number of hydrogen-bond donors (Lipinski definition) is 0. The molecular formula is C14H11Br2ClO. The van der Waals surface area contributed by atoms with Crippen molar-refractivity contribution in [3.63, 3.8) is 0 Å². The normalized spacial score (nSPS) is 10.4. The van der Waals surface area contributed by atoms with Gasteiger partial charge in [-0.3, -0.25) is 0 Å². The van der Waals surface area contributed by atoms with Gasteiger partial charge in [-0.1, -0.05) is 45.7 Å². The van der Waals surface area contributed by atoms with Gasteiger partial charge in [-0.2, -0.15) is 0 Å². The lowest BCUT2D eigenvalue weighted by Crippen LogP contribution is -1.96. The fourth-order valence-corrected chi connectivity index (χ4v) is 2.50. The third kappa shape index (κ3) is 3.74. The van der Waals surface area contributed by atoms with Gasteiger partial charge in [-0.25, -0.2) is 0 Å². The summed E-state index contributed by atoms with van der Waals surface area (Å²) in [5, 5.41) is 1.57. The zero-order chi connectivity index (χ0) is 13.0. The van der Waals surface area contributed by atoms with Crippen molar-refractivity contribution < 1.29 is 4.74 Å². The quantitative estimate of drug-likeness (QED) is 0.620. The molecule has 2 aromatic carbocycles. The molecule has 0 N–H and O–H groups in total. The van der Waals surface area contributed by atoms with Crippen LogP contribution in [-0.4, -0.2) is 0 Å². The van der Waals surface area contributed by atoms with E-state index in [9.17, 15) is 0 Å². The van der Waals surface area contributed by atoms with Crippen molar-refractivity contribution in [2.75, 3.05) is 0 Å². The molecule has 0 radical (unpaired) electrons. The Morgan fingerprint density at radius 3 is 2.28 bits per heavy atom. The van der Waals surface area contributed by atoms with Crippen LogP contribution in [0.15, 0.2) is 46.9 Å². The highest BCUT2D eigenvalue weighted by Gasteiger charge is 2.03. The van der Waals surface area contributed by atoms with E-state index in [4.69, 9.17) is 16.3 Å². The first-order valence-corrected chi connectivity index (χ1v) is 7.70. The standard InChI is InChI=1S/C14H11Br2ClO/c15-8-11-3-6-14(13(16)7-11)18-9-10-1-4-12(17)5-2-10/h1-7H,8-9H2. The van der Waals surface area contributed by atoms with Gasteiger partial charge in [0.25, 0.3) is 0 Å². The Labute approximate surface area is 128 Å². The molecule has 2 rings (SSSR count). The summed E-state index contributed by atoms with van der Waals surface area (Å²) in [6.45, 7) is 0.531. The fraction of sp³-hybridized carbons (Fsp3) is 0.143. The Bertz CT molecular complexity index is 526. The first-order valence-electron chi connectivity index (χ1n) is 5.40. The van der Waals surface area contributed by atoms with Gasteiger partial charge in [0.15, 0.2) is 0 Å². The van der Waals surface area contributed by atoms with Crippen LogP contribution in [0.5, 0.6) is 5.75 Å². The van der Waals surface area contributed by atoms with Crippen LogP contribution >= 0.6 is 43.5 Å². The second kappa shape index (κ2) is 6.60. The number of rotatable bonds is 4. The number of halogens is 3. The van der Waals surface area contributed by atoms with Crippen molar-refractivity contribution in [3.05, 3.63) is 63.1 Å². The van der Waals surface area contributed by atoms with Crippen LogP contribution in [0.4, 0.5) is 0 Å². The smallest absolute Gasteiger partial charge is 0.134 e. The summed E-state index contributed by atoms with van der Waals surface area (Å²) < 4.78 is 6.72. The van der Waals surface area contributed by atoms with Crippen LogP contribution in [-0.2, 0) is 11.9 Å². The summed E-state index contributed by atoms with van der Waals surface area (Å²) in [5.74, 6) is 0.842. The maximum atomic E-state index is 5.83. The molecule has 0 aliphatic heterocycles. The van der Waals surface area contributed by atoms with Crippen LogP contribution in [0, 0.1) is 0 Å². The van der Waals surface area contributed by atoms with Crippen molar-refractivity contribution >= 4 is 43.5 Å².